The number of nitrogens with zero attached hydrogens (tertiary/aromatic N) is 2. The molecule has 0 heterocycles. The molecule has 236 valence electrons. The van der Waals surface area contributed by atoms with Gasteiger partial charge in [-0.25, -0.2) is 4.99 Å². The van der Waals surface area contributed by atoms with Crippen molar-refractivity contribution in [1.29, 1.82) is 0 Å². The SMILES string of the molecule is C=CC[NH+]=C1C=C/C(=C(/c2ccc(N(CC)CCOC(C)=O)cc2)c2ccc(N(CC)CCOCC)cc2Br)c2ccccc21. The summed E-state index contributed by atoms with van der Waals surface area (Å²) in [7, 11) is 0. The van der Waals surface area contributed by atoms with E-state index in [1.807, 2.05) is 13.0 Å². The van der Waals surface area contributed by atoms with E-state index < -0.39 is 0 Å². The van der Waals surface area contributed by atoms with Crippen LogP contribution in [-0.2, 0) is 14.3 Å². The molecule has 0 fully saturated rings. The molecule has 0 atom stereocenters. The van der Waals surface area contributed by atoms with Crippen LogP contribution in [0.15, 0.2) is 96.0 Å². The molecule has 0 aromatic heterocycles. The number of hydrogen-bond donors (Lipinski definition) is 1. The van der Waals surface area contributed by atoms with E-state index in [9.17, 15) is 4.79 Å². The molecule has 7 heteroatoms. The number of anilines is 2. The summed E-state index contributed by atoms with van der Waals surface area (Å²) in [5.74, 6) is -0.258. The Balaban J connectivity index is 1.83. The zero-order valence-electron chi connectivity index (χ0n) is 26.9. The molecule has 1 aliphatic carbocycles. The number of ether oxygens (including phenoxy) is 2. The Labute approximate surface area is 276 Å². The Bertz CT molecular complexity index is 1560. The molecule has 0 spiro atoms. The van der Waals surface area contributed by atoms with Crippen LogP contribution in [-0.4, -0.2) is 64.2 Å². The first-order valence-electron chi connectivity index (χ1n) is 15.8. The summed E-state index contributed by atoms with van der Waals surface area (Å²) >= 11 is 3.97. The second kappa shape index (κ2) is 16.9. The average molecular weight is 672 g/mol. The fourth-order valence-electron chi connectivity index (χ4n) is 5.61. The van der Waals surface area contributed by atoms with Gasteiger partial charge in [0.25, 0.3) is 0 Å². The van der Waals surface area contributed by atoms with Crippen LogP contribution in [0.1, 0.15) is 49.9 Å². The molecule has 1 N–H and O–H groups in total. The van der Waals surface area contributed by atoms with Crippen molar-refractivity contribution in [2.75, 3.05) is 62.3 Å². The van der Waals surface area contributed by atoms with E-state index in [1.165, 1.54) is 12.5 Å². The van der Waals surface area contributed by atoms with E-state index in [1.54, 1.807) is 0 Å². The van der Waals surface area contributed by atoms with Gasteiger partial charge in [0, 0.05) is 55.1 Å². The number of hydrogen-bond acceptors (Lipinski definition) is 5. The van der Waals surface area contributed by atoms with Gasteiger partial charge in [-0.05, 0) is 91.1 Å². The molecule has 0 aliphatic heterocycles. The largest absolute Gasteiger partial charge is 0.464 e. The molecule has 0 bridgehead atoms. The third-order valence-electron chi connectivity index (χ3n) is 7.88. The van der Waals surface area contributed by atoms with Crippen LogP contribution < -0.4 is 14.8 Å². The Morgan fingerprint density at radius 3 is 2.20 bits per heavy atom. The van der Waals surface area contributed by atoms with Gasteiger partial charge in [-0.15, -0.1) is 0 Å². The van der Waals surface area contributed by atoms with Crippen molar-refractivity contribution in [3.05, 3.63) is 118 Å². The van der Waals surface area contributed by atoms with Crippen LogP contribution in [0.2, 0.25) is 0 Å². The number of benzene rings is 3. The second-order valence-electron chi connectivity index (χ2n) is 10.7. The summed E-state index contributed by atoms with van der Waals surface area (Å²) in [4.78, 5) is 19.4. The lowest BCUT2D eigenvalue weighted by Gasteiger charge is -2.25. The summed E-state index contributed by atoms with van der Waals surface area (Å²) in [6.45, 7) is 17.3. The van der Waals surface area contributed by atoms with Gasteiger partial charge >= 0.3 is 5.97 Å². The number of nitrogens with one attached hydrogen (secondary N) is 1. The minimum absolute atomic E-state index is 0.258. The average Bonchev–Trinajstić information content (AvgIpc) is 3.05. The van der Waals surface area contributed by atoms with E-state index >= 15 is 0 Å². The lowest BCUT2D eigenvalue weighted by atomic mass is 9.83. The van der Waals surface area contributed by atoms with Crippen LogP contribution in [0, 0.1) is 0 Å². The van der Waals surface area contributed by atoms with Gasteiger partial charge in [0.2, 0.25) is 5.71 Å². The Hall–Kier alpha value is -3.94. The third-order valence-corrected chi connectivity index (χ3v) is 8.53. The van der Waals surface area contributed by atoms with E-state index in [0.29, 0.717) is 26.3 Å². The molecular weight excluding hydrogens is 626 g/mol. The normalized spacial score (nSPS) is 14.2. The van der Waals surface area contributed by atoms with Gasteiger partial charge in [-0.2, -0.15) is 0 Å². The van der Waals surface area contributed by atoms with Crippen molar-refractivity contribution in [3.8, 4) is 0 Å². The summed E-state index contributed by atoms with van der Waals surface area (Å²) in [5.41, 5.74) is 10.2. The molecular formula is C38H45BrN3O3+. The zero-order valence-corrected chi connectivity index (χ0v) is 28.5. The van der Waals surface area contributed by atoms with Gasteiger partial charge in [0.15, 0.2) is 6.54 Å². The van der Waals surface area contributed by atoms with Crippen molar-refractivity contribution in [1.82, 2.24) is 0 Å². The molecule has 6 nitrogen and oxygen atoms in total. The Morgan fingerprint density at radius 2 is 1.56 bits per heavy atom. The first-order valence-corrected chi connectivity index (χ1v) is 16.6. The molecule has 0 saturated heterocycles. The van der Waals surface area contributed by atoms with Crippen LogP contribution in [0.4, 0.5) is 11.4 Å². The maximum absolute atomic E-state index is 11.3. The predicted octanol–water partition coefficient (Wildman–Crippen LogP) is 6.29. The summed E-state index contributed by atoms with van der Waals surface area (Å²) in [5, 5.41) is 0. The number of likely N-dealkylation sites (N-methyl/N-ethyl adjacent to an activating group) is 2. The number of carbonyl (C=O) groups excluding carboxylic acids is 1. The van der Waals surface area contributed by atoms with Crippen LogP contribution >= 0.6 is 15.9 Å². The maximum Gasteiger partial charge on any atom is 0.302 e. The molecule has 45 heavy (non-hydrogen) atoms. The van der Waals surface area contributed by atoms with Crippen LogP contribution in [0.3, 0.4) is 0 Å². The lowest BCUT2D eigenvalue weighted by Crippen LogP contribution is -2.72. The van der Waals surface area contributed by atoms with Gasteiger partial charge in [-0.1, -0.05) is 58.9 Å². The summed E-state index contributed by atoms with van der Waals surface area (Å²) < 4.78 is 11.9. The van der Waals surface area contributed by atoms with Gasteiger partial charge < -0.3 is 19.3 Å². The van der Waals surface area contributed by atoms with Crippen LogP contribution in [0.25, 0.3) is 11.1 Å². The van der Waals surface area contributed by atoms with Crippen molar-refractivity contribution in [2.24, 2.45) is 0 Å². The molecule has 0 saturated carbocycles. The van der Waals surface area contributed by atoms with Crippen molar-refractivity contribution in [3.63, 3.8) is 0 Å². The minimum atomic E-state index is -0.258. The summed E-state index contributed by atoms with van der Waals surface area (Å²) in [6.07, 6.45) is 6.26. The Kier molecular flexibility index (Phi) is 12.8. The fourth-order valence-corrected chi connectivity index (χ4v) is 6.18. The van der Waals surface area contributed by atoms with E-state index in [-0.39, 0.29) is 5.97 Å². The van der Waals surface area contributed by atoms with Crippen LogP contribution in [0.5, 0.6) is 0 Å². The first-order chi connectivity index (χ1) is 21.9. The fraction of sp³-hybridized carbons (Fsp3) is 0.316. The molecule has 3 aromatic rings. The Morgan fingerprint density at radius 1 is 0.889 bits per heavy atom. The zero-order chi connectivity index (χ0) is 32.2. The monoisotopic (exact) mass is 670 g/mol. The predicted molar refractivity (Wildman–Crippen MR) is 191 cm³/mol. The molecule has 4 rings (SSSR count). The maximum atomic E-state index is 11.3. The molecule has 1 aliphatic rings. The second-order valence-corrected chi connectivity index (χ2v) is 11.5. The molecule has 0 unspecified atom stereocenters. The standard InChI is InChI=1S/C38H44BrN3O3/c1-6-22-40-37-21-20-34(32-12-10-11-13-33(32)37)38(29-14-16-30(17-15-29)41(7-2)24-26-45-28(5)43)35-19-18-31(27-36(35)39)42(8-3)23-25-44-9-4/h6,10-21,27H,1,7-9,22-26H2,2-5H3/p+1/b38-34+,40-37?. The molecule has 0 radical (unpaired) electrons. The van der Waals surface area contributed by atoms with Gasteiger partial charge in [-0.3, -0.25) is 4.79 Å². The number of rotatable bonds is 15. The highest BCUT2D eigenvalue weighted by atomic mass is 79.9. The minimum Gasteiger partial charge on any atom is -0.464 e. The highest BCUT2D eigenvalue weighted by molar-refractivity contribution is 9.10. The molecule has 3 aromatic carbocycles. The quantitative estimate of drug-likeness (QED) is 0.117. The highest BCUT2D eigenvalue weighted by Gasteiger charge is 2.24. The lowest BCUT2D eigenvalue weighted by molar-refractivity contribution is -0.442. The van der Waals surface area contributed by atoms with E-state index in [4.69, 9.17) is 9.47 Å². The third kappa shape index (κ3) is 8.62. The van der Waals surface area contributed by atoms with Crippen molar-refractivity contribution >= 4 is 50.1 Å². The number of fused-ring (bicyclic) bond motifs is 1. The van der Waals surface area contributed by atoms with Gasteiger partial charge in [0.1, 0.15) is 6.61 Å². The number of halogens is 1. The molecule has 0 amide bonds. The number of allylic oxidation sites excluding steroid dienone is 3. The van der Waals surface area contributed by atoms with Crippen molar-refractivity contribution in [2.45, 2.75) is 27.7 Å². The van der Waals surface area contributed by atoms with Crippen molar-refractivity contribution < 1.29 is 19.3 Å². The summed E-state index contributed by atoms with van der Waals surface area (Å²) in [6, 6.07) is 23.9. The van der Waals surface area contributed by atoms with Gasteiger partial charge in [0.05, 0.1) is 18.7 Å². The smallest absolute Gasteiger partial charge is 0.302 e. The number of carbonyl (C=O) groups is 1. The first kappa shape index (κ1) is 33.9. The van der Waals surface area contributed by atoms with E-state index in [2.05, 4.69) is 130 Å². The highest BCUT2D eigenvalue weighted by Crippen LogP contribution is 2.40. The van der Waals surface area contributed by atoms with E-state index in [0.717, 1.165) is 75.6 Å². The topological polar surface area (TPSA) is 56.0 Å². The number of esters is 1.